The molecule has 0 spiro atoms. The van der Waals surface area contributed by atoms with Crippen molar-refractivity contribution in [2.45, 2.75) is 77.9 Å². The Labute approximate surface area is 169 Å². The second kappa shape index (κ2) is 8.97. The van der Waals surface area contributed by atoms with Gasteiger partial charge in [0.2, 0.25) is 5.91 Å². The molecule has 1 saturated heterocycles. The number of benzene rings is 1. The molecular weight excluding hydrogens is 352 g/mol. The van der Waals surface area contributed by atoms with E-state index >= 15 is 0 Å². The van der Waals surface area contributed by atoms with Crippen molar-refractivity contribution in [3.05, 3.63) is 35.9 Å². The van der Waals surface area contributed by atoms with Crippen molar-refractivity contribution in [1.82, 2.24) is 10.2 Å². The molecule has 5 heteroatoms. The van der Waals surface area contributed by atoms with Gasteiger partial charge in [0.05, 0.1) is 0 Å². The predicted octanol–water partition coefficient (Wildman–Crippen LogP) is 4.51. The summed E-state index contributed by atoms with van der Waals surface area (Å²) in [7, 11) is 0. The SMILES string of the molecule is CC(CC(C)(C)c1ccccc1)NC(=O)C1CCN(C(=O)OC(C)(C)C)CC1. The fourth-order valence-corrected chi connectivity index (χ4v) is 3.84. The zero-order chi connectivity index (χ0) is 20.9. The summed E-state index contributed by atoms with van der Waals surface area (Å²) in [5.41, 5.74) is 0.780. The normalized spacial score (nSPS) is 17.1. The van der Waals surface area contributed by atoms with E-state index in [4.69, 9.17) is 4.74 Å². The van der Waals surface area contributed by atoms with E-state index in [0.717, 1.165) is 6.42 Å². The molecule has 2 rings (SSSR count). The molecule has 2 amide bonds. The van der Waals surface area contributed by atoms with Crippen molar-refractivity contribution in [3.63, 3.8) is 0 Å². The van der Waals surface area contributed by atoms with Gasteiger partial charge in [0.15, 0.2) is 0 Å². The molecule has 156 valence electrons. The molecule has 0 aliphatic carbocycles. The molecule has 0 saturated carbocycles. The summed E-state index contributed by atoms with van der Waals surface area (Å²) in [6, 6.07) is 10.5. The summed E-state index contributed by atoms with van der Waals surface area (Å²) in [6.45, 7) is 13.2. The van der Waals surface area contributed by atoms with Crippen LogP contribution in [0.25, 0.3) is 0 Å². The lowest BCUT2D eigenvalue weighted by Gasteiger charge is -2.34. The van der Waals surface area contributed by atoms with Gasteiger partial charge >= 0.3 is 6.09 Å². The van der Waals surface area contributed by atoms with Crippen LogP contribution in [0.4, 0.5) is 4.79 Å². The Kier molecular flexibility index (Phi) is 7.13. The Bertz CT molecular complexity index is 656. The van der Waals surface area contributed by atoms with Gasteiger partial charge in [-0.05, 0) is 57.9 Å². The first-order valence-corrected chi connectivity index (χ1v) is 10.3. The Morgan fingerprint density at radius 3 is 2.21 bits per heavy atom. The number of carbonyl (C=O) groups is 2. The van der Waals surface area contributed by atoms with E-state index in [1.54, 1.807) is 4.90 Å². The number of nitrogens with zero attached hydrogens (tertiary/aromatic N) is 1. The standard InChI is InChI=1S/C23H36N2O3/c1-17(16-23(5,6)19-10-8-7-9-11-19)24-20(26)18-12-14-25(15-13-18)21(27)28-22(2,3)4/h7-11,17-18H,12-16H2,1-6H3,(H,24,26). The van der Waals surface area contributed by atoms with Crippen molar-refractivity contribution in [1.29, 1.82) is 0 Å². The molecule has 0 radical (unpaired) electrons. The van der Waals surface area contributed by atoms with Crippen LogP contribution >= 0.6 is 0 Å². The minimum atomic E-state index is -0.494. The zero-order valence-corrected chi connectivity index (χ0v) is 18.2. The third-order valence-electron chi connectivity index (χ3n) is 5.28. The van der Waals surface area contributed by atoms with Gasteiger partial charge in [-0.2, -0.15) is 0 Å². The first-order valence-electron chi connectivity index (χ1n) is 10.3. The van der Waals surface area contributed by atoms with Crippen LogP contribution < -0.4 is 5.32 Å². The molecule has 1 aromatic carbocycles. The Hall–Kier alpha value is -2.04. The Morgan fingerprint density at radius 2 is 1.68 bits per heavy atom. The van der Waals surface area contributed by atoms with Gasteiger partial charge in [0, 0.05) is 25.0 Å². The summed E-state index contributed by atoms with van der Waals surface area (Å²) in [5, 5.41) is 3.18. The third kappa shape index (κ3) is 6.54. The van der Waals surface area contributed by atoms with Crippen LogP contribution in [0.5, 0.6) is 0 Å². The van der Waals surface area contributed by atoms with Gasteiger partial charge in [-0.3, -0.25) is 4.79 Å². The highest BCUT2D eigenvalue weighted by Gasteiger charge is 2.31. The van der Waals surface area contributed by atoms with Gasteiger partial charge in [-0.15, -0.1) is 0 Å². The molecule has 1 aromatic rings. The smallest absolute Gasteiger partial charge is 0.410 e. The van der Waals surface area contributed by atoms with Crippen molar-refractivity contribution in [2.75, 3.05) is 13.1 Å². The zero-order valence-electron chi connectivity index (χ0n) is 18.2. The maximum absolute atomic E-state index is 12.7. The van der Waals surface area contributed by atoms with Crippen LogP contribution in [0.15, 0.2) is 30.3 Å². The van der Waals surface area contributed by atoms with E-state index in [1.807, 2.05) is 26.8 Å². The molecule has 1 unspecified atom stereocenters. The molecule has 28 heavy (non-hydrogen) atoms. The first-order chi connectivity index (χ1) is 13.0. The third-order valence-corrected chi connectivity index (χ3v) is 5.28. The van der Waals surface area contributed by atoms with Crippen LogP contribution in [0.1, 0.15) is 66.4 Å². The van der Waals surface area contributed by atoms with E-state index in [2.05, 4.69) is 50.4 Å². The molecule has 5 nitrogen and oxygen atoms in total. The predicted molar refractivity (Wildman–Crippen MR) is 112 cm³/mol. The van der Waals surface area contributed by atoms with Crippen LogP contribution in [0, 0.1) is 5.92 Å². The molecule has 1 N–H and O–H groups in total. The monoisotopic (exact) mass is 388 g/mol. The van der Waals surface area contributed by atoms with Crippen LogP contribution in [-0.2, 0) is 14.9 Å². The van der Waals surface area contributed by atoms with Crippen LogP contribution in [-0.4, -0.2) is 41.6 Å². The Morgan fingerprint density at radius 1 is 1.11 bits per heavy atom. The molecule has 1 aliphatic heterocycles. The number of ether oxygens (including phenoxy) is 1. The highest BCUT2D eigenvalue weighted by molar-refractivity contribution is 5.79. The molecule has 1 fully saturated rings. The average molecular weight is 389 g/mol. The molecule has 1 atom stereocenters. The summed E-state index contributed by atoms with van der Waals surface area (Å²) in [4.78, 5) is 26.6. The highest BCUT2D eigenvalue weighted by Crippen LogP contribution is 2.28. The molecule has 1 aliphatic rings. The van der Waals surface area contributed by atoms with E-state index < -0.39 is 5.60 Å². The fourth-order valence-electron chi connectivity index (χ4n) is 3.84. The molecular formula is C23H36N2O3. The number of hydrogen-bond acceptors (Lipinski definition) is 3. The van der Waals surface area contributed by atoms with Gasteiger partial charge in [0.1, 0.15) is 5.60 Å². The van der Waals surface area contributed by atoms with Crippen LogP contribution in [0.2, 0.25) is 0 Å². The van der Waals surface area contributed by atoms with E-state index in [1.165, 1.54) is 5.56 Å². The lowest BCUT2D eigenvalue weighted by molar-refractivity contribution is -0.127. The quantitative estimate of drug-likeness (QED) is 0.807. The summed E-state index contributed by atoms with van der Waals surface area (Å²) < 4.78 is 5.42. The summed E-state index contributed by atoms with van der Waals surface area (Å²) in [6.07, 6.45) is 1.95. The second-order valence-electron chi connectivity index (χ2n) is 9.61. The summed E-state index contributed by atoms with van der Waals surface area (Å²) >= 11 is 0. The molecule has 0 bridgehead atoms. The maximum Gasteiger partial charge on any atom is 0.410 e. The first kappa shape index (κ1) is 22.3. The van der Waals surface area contributed by atoms with Crippen molar-refractivity contribution in [3.8, 4) is 0 Å². The number of hydrogen-bond donors (Lipinski definition) is 1. The number of piperidine rings is 1. The minimum Gasteiger partial charge on any atom is -0.444 e. The number of rotatable bonds is 5. The number of likely N-dealkylation sites (tertiary alicyclic amines) is 1. The average Bonchev–Trinajstić information content (AvgIpc) is 2.60. The number of carbonyl (C=O) groups excluding carboxylic acids is 2. The lowest BCUT2D eigenvalue weighted by Crippen LogP contribution is -2.46. The molecule has 1 heterocycles. The van der Waals surface area contributed by atoms with E-state index in [0.29, 0.717) is 25.9 Å². The van der Waals surface area contributed by atoms with E-state index in [-0.39, 0.29) is 29.4 Å². The van der Waals surface area contributed by atoms with Gasteiger partial charge in [0.25, 0.3) is 0 Å². The minimum absolute atomic E-state index is 0.00592. The number of nitrogens with one attached hydrogen (secondary N) is 1. The van der Waals surface area contributed by atoms with Gasteiger partial charge in [-0.25, -0.2) is 4.79 Å². The van der Waals surface area contributed by atoms with Crippen LogP contribution in [0.3, 0.4) is 0 Å². The van der Waals surface area contributed by atoms with Gasteiger partial charge < -0.3 is 15.0 Å². The summed E-state index contributed by atoms with van der Waals surface area (Å²) in [5.74, 6) is 0.0566. The van der Waals surface area contributed by atoms with Crippen molar-refractivity contribution >= 4 is 12.0 Å². The van der Waals surface area contributed by atoms with Crippen molar-refractivity contribution < 1.29 is 14.3 Å². The fraction of sp³-hybridized carbons (Fsp3) is 0.652. The highest BCUT2D eigenvalue weighted by atomic mass is 16.6. The van der Waals surface area contributed by atoms with Crippen molar-refractivity contribution in [2.24, 2.45) is 5.92 Å². The maximum atomic E-state index is 12.7. The largest absolute Gasteiger partial charge is 0.444 e. The topological polar surface area (TPSA) is 58.6 Å². The lowest BCUT2D eigenvalue weighted by atomic mass is 9.79. The number of amides is 2. The van der Waals surface area contributed by atoms with E-state index in [9.17, 15) is 9.59 Å². The second-order valence-corrected chi connectivity index (χ2v) is 9.61. The molecule has 0 aromatic heterocycles. The van der Waals surface area contributed by atoms with Gasteiger partial charge in [-0.1, -0.05) is 44.2 Å². The Balaban J connectivity index is 1.81.